The Kier molecular flexibility index (Phi) is 11.2. The molecule has 1 aromatic heterocycles. The van der Waals surface area contributed by atoms with E-state index in [4.69, 9.17) is 10.6 Å². The maximum Gasteiger partial charge on any atom is 0.340 e. The minimum absolute atomic E-state index is 0. The molecule has 0 spiro atoms. The van der Waals surface area contributed by atoms with Crippen molar-refractivity contribution in [3.05, 3.63) is 41.2 Å². The van der Waals surface area contributed by atoms with E-state index in [1.165, 1.54) is 17.8 Å². The van der Waals surface area contributed by atoms with E-state index < -0.39 is 23.0 Å². The van der Waals surface area contributed by atoms with Crippen molar-refractivity contribution in [3.63, 3.8) is 0 Å². The van der Waals surface area contributed by atoms with E-state index in [0.717, 1.165) is 11.1 Å². The maximum atomic E-state index is 12.5. The first-order chi connectivity index (χ1) is 11.0. The molecule has 1 atom stereocenters. The van der Waals surface area contributed by atoms with Crippen LogP contribution in [0.2, 0.25) is 0 Å². The summed E-state index contributed by atoms with van der Waals surface area (Å²) in [7, 11) is 1.34. The van der Waals surface area contributed by atoms with Gasteiger partial charge in [-0.15, -0.1) is 0 Å². The summed E-state index contributed by atoms with van der Waals surface area (Å²) < 4.78 is 6.75. The van der Waals surface area contributed by atoms with Crippen LogP contribution in [0.1, 0.15) is 60.9 Å². The van der Waals surface area contributed by atoms with Crippen LogP contribution in [0.15, 0.2) is 17.1 Å². The van der Waals surface area contributed by atoms with Gasteiger partial charge < -0.3 is 16.7 Å². The third kappa shape index (κ3) is 6.80. The number of pyridine rings is 1. The number of thiol groups is 1. The van der Waals surface area contributed by atoms with Gasteiger partial charge in [0, 0.05) is 48.5 Å². The van der Waals surface area contributed by atoms with Crippen LogP contribution in [0.25, 0.3) is 0 Å². The van der Waals surface area contributed by atoms with Crippen molar-refractivity contribution >= 4 is 24.5 Å². The molecule has 1 unspecified atom stereocenters. The van der Waals surface area contributed by atoms with Crippen molar-refractivity contribution in [2.75, 3.05) is 12.8 Å². The Morgan fingerprint density at radius 3 is 2.27 bits per heavy atom. The second kappa shape index (κ2) is 10.8. The molecule has 0 fully saturated rings. The molecule has 0 bridgehead atoms. The molecular weight excluding hydrogens is 394 g/mol. The van der Waals surface area contributed by atoms with E-state index in [1.807, 2.05) is 6.92 Å². The minimum Gasteiger partial charge on any atom is -0.456 e. The number of ether oxygens (including phenoxy) is 1. The Balaban J connectivity index is 0. The quantitative estimate of drug-likeness (QED) is 0.189. The first kappa shape index (κ1) is 27.0. The van der Waals surface area contributed by atoms with Gasteiger partial charge in [0.1, 0.15) is 5.60 Å². The summed E-state index contributed by atoms with van der Waals surface area (Å²) >= 11 is 4.24. The summed E-state index contributed by atoms with van der Waals surface area (Å²) in [6.07, 6.45) is 2.01. The predicted molar refractivity (Wildman–Crippen MR) is 102 cm³/mol. The smallest absolute Gasteiger partial charge is 0.340 e. The van der Waals surface area contributed by atoms with Crippen molar-refractivity contribution in [2.24, 2.45) is 5.84 Å². The largest absolute Gasteiger partial charge is 0.456 e. The average molecular weight is 422 g/mol. The van der Waals surface area contributed by atoms with Crippen molar-refractivity contribution in [2.45, 2.75) is 45.8 Å². The zero-order valence-electron chi connectivity index (χ0n) is 16.1. The van der Waals surface area contributed by atoms with Crippen LogP contribution in [0, 0.1) is 7.43 Å². The summed E-state index contributed by atoms with van der Waals surface area (Å²) in [6, 6.07) is 0.929. The number of esters is 1. The van der Waals surface area contributed by atoms with Gasteiger partial charge in [-0.05, 0) is 27.2 Å². The molecule has 26 heavy (non-hydrogen) atoms. The summed E-state index contributed by atoms with van der Waals surface area (Å²) in [5.41, 5.74) is -1.20. The van der Waals surface area contributed by atoms with Gasteiger partial charge >= 0.3 is 5.97 Å². The van der Waals surface area contributed by atoms with Crippen molar-refractivity contribution < 1.29 is 31.7 Å². The van der Waals surface area contributed by atoms with Gasteiger partial charge in [0.25, 0.3) is 11.5 Å². The monoisotopic (exact) mass is 422 g/mol. The van der Waals surface area contributed by atoms with E-state index in [2.05, 4.69) is 12.6 Å². The van der Waals surface area contributed by atoms with Gasteiger partial charge in [-0.1, -0.05) is 6.92 Å². The predicted octanol–water partition coefficient (Wildman–Crippen LogP) is 2.08. The number of carbonyl (C=O) groups is 2. The Hall–Kier alpha value is -1.27. The van der Waals surface area contributed by atoms with Gasteiger partial charge in [-0.2, -0.15) is 12.6 Å². The van der Waals surface area contributed by atoms with Gasteiger partial charge in [0.15, 0.2) is 0 Å². The summed E-state index contributed by atoms with van der Waals surface area (Å²) in [5.74, 6) is 4.58. The van der Waals surface area contributed by atoms with Crippen molar-refractivity contribution in [1.29, 1.82) is 0 Å². The SMILES string of the molecule is CCC(CS)n1cc(C(=O)OC(C)(C)C)c(C(=O)N(C)N)cc1=O.[CH3-].[Cr]. The Morgan fingerprint density at radius 2 is 1.88 bits per heavy atom. The summed E-state index contributed by atoms with van der Waals surface area (Å²) in [6.45, 7) is 7.08. The molecule has 0 saturated carbocycles. The normalized spacial score (nSPS) is 11.7. The fourth-order valence-electron chi connectivity index (χ4n) is 2.11. The summed E-state index contributed by atoms with van der Waals surface area (Å²) in [4.78, 5) is 37.1. The Labute approximate surface area is 171 Å². The van der Waals surface area contributed by atoms with E-state index in [-0.39, 0.29) is 42.0 Å². The van der Waals surface area contributed by atoms with Crippen LogP contribution in [0.5, 0.6) is 0 Å². The second-order valence-corrected chi connectivity index (χ2v) is 6.87. The van der Waals surface area contributed by atoms with Crippen LogP contribution in [0.4, 0.5) is 0 Å². The molecular formula is C17H28CrN3O4S-. The number of hydrogen-bond donors (Lipinski definition) is 2. The van der Waals surface area contributed by atoms with Crippen LogP contribution < -0.4 is 11.4 Å². The minimum atomic E-state index is -0.735. The first-order valence-corrected chi connectivity index (χ1v) is 8.28. The third-order valence-electron chi connectivity index (χ3n) is 3.33. The fourth-order valence-corrected chi connectivity index (χ4v) is 2.54. The first-order valence-electron chi connectivity index (χ1n) is 7.65. The molecule has 148 valence electrons. The van der Waals surface area contributed by atoms with Gasteiger partial charge in [-0.3, -0.25) is 14.6 Å². The molecule has 0 aliphatic heterocycles. The number of nitrogens with two attached hydrogens (primary N) is 1. The van der Waals surface area contributed by atoms with Crippen LogP contribution in [-0.4, -0.2) is 39.9 Å². The molecule has 1 heterocycles. The molecule has 1 aromatic rings. The molecule has 0 aliphatic rings. The molecule has 0 aromatic carbocycles. The number of carbonyl (C=O) groups excluding carboxylic acids is 2. The number of hydrogen-bond acceptors (Lipinski definition) is 6. The molecule has 9 heteroatoms. The topological polar surface area (TPSA) is 94.6 Å². The standard InChI is InChI=1S/C16H25N3O4S.CH3.Cr/c1-6-10(9-24)19-8-12(15(22)23-16(2,3)4)11(7-13(19)20)14(21)18(5)17;;/h7-8,10,24H,6,9,17H2,1-5H3;1H3;/q;-1;. The van der Waals surface area contributed by atoms with E-state index in [0.29, 0.717) is 12.2 Å². The number of amides is 1. The zero-order valence-corrected chi connectivity index (χ0v) is 18.3. The van der Waals surface area contributed by atoms with Gasteiger partial charge in [0.2, 0.25) is 0 Å². The van der Waals surface area contributed by atoms with Crippen LogP contribution in [-0.2, 0) is 22.1 Å². The van der Waals surface area contributed by atoms with Crippen LogP contribution in [0.3, 0.4) is 0 Å². The number of rotatable bonds is 5. The Morgan fingerprint density at radius 1 is 1.35 bits per heavy atom. The molecule has 0 saturated heterocycles. The zero-order chi connectivity index (χ0) is 18.7. The number of aromatic nitrogens is 1. The molecule has 1 amide bonds. The van der Waals surface area contributed by atoms with E-state index in [9.17, 15) is 14.4 Å². The van der Waals surface area contributed by atoms with Crippen molar-refractivity contribution in [3.8, 4) is 0 Å². The summed E-state index contributed by atoms with van der Waals surface area (Å²) in [5, 5.41) is 0.822. The van der Waals surface area contributed by atoms with E-state index in [1.54, 1.807) is 20.8 Å². The second-order valence-electron chi connectivity index (χ2n) is 6.51. The average Bonchev–Trinajstić information content (AvgIpc) is 2.46. The molecule has 2 N–H and O–H groups in total. The molecule has 7 nitrogen and oxygen atoms in total. The van der Waals surface area contributed by atoms with E-state index >= 15 is 0 Å². The Bertz CT molecular complexity index is 680. The van der Waals surface area contributed by atoms with Crippen molar-refractivity contribution in [1.82, 2.24) is 9.58 Å². The maximum absolute atomic E-state index is 12.5. The van der Waals surface area contributed by atoms with Gasteiger partial charge in [-0.25, -0.2) is 10.6 Å². The molecule has 1 rings (SSSR count). The number of hydrazine groups is 1. The van der Waals surface area contributed by atoms with Crippen LogP contribution >= 0.6 is 12.6 Å². The fraction of sp³-hybridized carbons (Fsp3) is 0.529. The molecule has 0 radical (unpaired) electrons. The van der Waals surface area contributed by atoms with Gasteiger partial charge in [0.05, 0.1) is 11.1 Å². The molecule has 0 aliphatic carbocycles. The number of nitrogens with zero attached hydrogens (tertiary/aromatic N) is 2. The third-order valence-corrected chi connectivity index (χ3v) is 3.75.